The van der Waals surface area contributed by atoms with Crippen LogP contribution in [0.2, 0.25) is 18.1 Å². The molecule has 0 aliphatic carbocycles. The molecule has 0 heterocycles. The van der Waals surface area contributed by atoms with Crippen LogP contribution in [0.4, 0.5) is 4.39 Å². The highest BCUT2D eigenvalue weighted by Crippen LogP contribution is 2.37. The maximum Gasteiger partial charge on any atom is 0.250 e. The minimum atomic E-state index is -1.88. The van der Waals surface area contributed by atoms with E-state index in [4.69, 9.17) is 9.16 Å². The molecule has 0 bridgehead atoms. The standard InChI is InChI=1S/C23H30BrFO2Si/c1-17(21-13-12-20(16-22(21)25)26-15-7-14-24)18-8-10-19(11-9-18)27-28(5,6)23(2,3)4/h8-13,16H,1,7,14-15H2,2-6H3. The van der Waals surface area contributed by atoms with Crippen LogP contribution in [0, 0.1) is 5.82 Å². The quantitative estimate of drug-likeness (QED) is 0.229. The molecule has 0 aliphatic heterocycles. The van der Waals surface area contributed by atoms with Crippen molar-refractivity contribution in [2.24, 2.45) is 0 Å². The number of alkyl halides is 1. The molecule has 0 saturated carbocycles. The second-order valence-corrected chi connectivity index (χ2v) is 13.9. The average molecular weight is 465 g/mol. The van der Waals surface area contributed by atoms with Crippen molar-refractivity contribution in [1.29, 1.82) is 0 Å². The summed E-state index contributed by atoms with van der Waals surface area (Å²) in [6.45, 7) is 15.7. The molecule has 28 heavy (non-hydrogen) atoms. The van der Waals surface area contributed by atoms with Crippen molar-refractivity contribution < 1.29 is 13.6 Å². The molecule has 0 aromatic heterocycles. The predicted octanol–water partition coefficient (Wildman–Crippen LogP) is 7.44. The molecule has 152 valence electrons. The van der Waals surface area contributed by atoms with E-state index < -0.39 is 8.32 Å². The summed E-state index contributed by atoms with van der Waals surface area (Å²) >= 11 is 3.35. The summed E-state index contributed by atoms with van der Waals surface area (Å²) in [7, 11) is -1.88. The van der Waals surface area contributed by atoms with Gasteiger partial charge in [-0.15, -0.1) is 0 Å². The van der Waals surface area contributed by atoms with Crippen molar-refractivity contribution in [3.63, 3.8) is 0 Å². The Balaban J connectivity index is 2.12. The minimum absolute atomic E-state index is 0.136. The Morgan fingerprint density at radius 3 is 2.21 bits per heavy atom. The number of ether oxygens (including phenoxy) is 1. The Hall–Kier alpha value is -1.59. The first-order valence-electron chi connectivity index (χ1n) is 9.52. The largest absolute Gasteiger partial charge is 0.544 e. The van der Waals surface area contributed by atoms with Crippen LogP contribution in [-0.4, -0.2) is 20.3 Å². The number of halogens is 2. The second kappa shape index (κ2) is 9.27. The van der Waals surface area contributed by atoms with Crippen LogP contribution in [-0.2, 0) is 0 Å². The molecule has 0 aliphatic rings. The maximum absolute atomic E-state index is 14.6. The van der Waals surface area contributed by atoms with Crippen molar-refractivity contribution in [3.8, 4) is 11.5 Å². The van der Waals surface area contributed by atoms with E-state index in [-0.39, 0.29) is 10.9 Å². The Labute approximate surface area is 178 Å². The predicted molar refractivity (Wildman–Crippen MR) is 123 cm³/mol. The van der Waals surface area contributed by atoms with E-state index >= 15 is 0 Å². The highest BCUT2D eigenvalue weighted by molar-refractivity contribution is 9.09. The van der Waals surface area contributed by atoms with Crippen LogP contribution in [0.5, 0.6) is 11.5 Å². The molecule has 0 fully saturated rings. The lowest BCUT2D eigenvalue weighted by Crippen LogP contribution is -2.43. The smallest absolute Gasteiger partial charge is 0.250 e. The fourth-order valence-electron chi connectivity index (χ4n) is 2.40. The van der Waals surface area contributed by atoms with Gasteiger partial charge >= 0.3 is 0 Å². The molecule has 0 spiro atoms. The third kappa shape index (κ3) is 5.71. The molecule has 0 N–H and O–H groups in total. The molecule has 0 saturated heterocycles. The van der Waals surface area contributed by atoms with E-state index in [0.717, 1.165) is 23.1 Å². The molecule has 0 unspecified atom stereocenters. The number of rotatable bonds is 8. The van der Waals surface area contributed by atoms with Gasteiger partial charge < -0.3 is 9.16 Å². The van der Waals surface area contributed by atoms with Crippen LogP contribution in [0.15, 0.2) is 49.0 Å². The first-order chi connectivity index (χ1) is 13.0. The zero-order chi connectivity index (χ0) is 20.9. The van der Waals surface area contributed by atoms with Gasteiger partial charge in [-0.25, -0.2) is 4.39 Å². The monoisotopic (exact) mass is 464 g/mol. The second-order valence-electron chi connectivity index (χ2n) is 8.40. The van der Waals surface area contributed by atoms with Crippen LogP contribution in [0.1, 0.15) is 38.3 Å². The van der Waals surface area contributed by atoms with Crippen molar-refractivity contribution in [2.75, 3.05) is 11.9 Å². The summed E-state index contributed by atoms with van der Waals surface area (Å²) in [6.07, 6.45) is 0.874. The van der Waals surface area contributed by atoms with Gasteiger partial charge in [-0.2, -0.15) is 0 Å². The summed E-state index contributed by atoms with van der Waals surface area (Å²) < 4.78 is 26.4. The number of hydrogen-bond donors (Lipinski definition) is 0. The molecule has 2 rings (SSSR count). The SMILES string of the molecule is C=C(c1ccc(O[Si](C)(C)C(C)(C)C)cc1)c1ccc(OCCCBr)cc1F. The maximum atomic E-state index is 14.6. The highest BCUT2D eigenvalue weighted by atomic mass is 79.9. The summed E-state index contributed by atoms with van der Waals surface area (Å²) in [5.41, 5.74) is 1.99. The molecule has 2 aromatic rings. The highest BCUT2D eigenvalue weighted by Gasteiger charge is 2.38. The first-order valence-corrected chi connectivity index (χ1v) is 13.5. The van der Waals surface area contributed by atoms with Crippen molar-refractivity contribution in [2.45, 2.75) is 45.3 Å². The van der Waals surface area contributed by atoms with Gasteiger partial charge in [-0.1, -0.05) is 55.4 Å². The van der Waals surface area contributed by atoms with Crippen LogP contribution in [0.25, 0.3) is 5.57 Å². The van der Waals surface area contributed by atoms with E-state index in [1.54, 1.807) is 12.1 Å². The molecule has 2 nitrogen and oxygen atoms in total. The van der Waals surface area contributed by atoms with Crippen molar-refractivity contribution in [3.05, 3.63) is 66.0 Å². The molecule has 2 aromatic carbocycles. The van der Waals surface area contributed by atoms with Crippen LogP contribution in [0.3, 0.4) is 0 Å². The van der Waals surface area contributed by atoms with Crippen LogP contribution < -0.4 is 9.16 Å². The van der Waals surface area contributed by atoms with Crippen molar-refractivity contribution in [1.82, 2.24) is 0 Å². The first kappa shape index (κ1) is 22.7. The van der Waals surface area contributed by atoms with E-state index in [1.807, 2.05) is 24.3 Å². The Bertz CT molecular complexity index is 810. The van der Waals surface area contributed by atoms with Gasteiger partial charge in [0.15, 0.2) is 0 Å². The fraction of sp³-hybridized carbons (Fsp3) is 0.391. The number of benzene rings is 2. The third-order valence-electron chi connectivity index (χ3n) is 5.19. The fourth-order valence-corrected chi connectivity index (χ4v) is 3.66. The summed E-state index contributed by atoms with van der Waals surface area (Å²) in [5.74, 6) is 1.05. The van der Waals surface area contributed by atoms with Crippen molar-refractivity contribution >= 4 is 29.8 Å². The third-order valence-corrected chi connectivity index (χ3v) is 10.1. The van der Waals surface area contributed by atoms with E-state index in [2.05, 4.69) is 56.4 Å². The average Bonchev–Trinajstić information content (AvgIpc) is 2.61. The topological polar surface area (TPSA) is 18.5 Å². The summed E-state index contributed by atoms with van der Waals surface area (Å²) in [4.78, 5) is 0. The van der Waals surface area contributed by atoms with E-state index in [1.165, 1.54) is 6.07 Å². The Morgan fingerprint density at radius 1 is 1.07 bits per heavy atom. The Morgan fingerprint density at radius 2 is 1.68 bits per heavy atom. The van der Waals surface area contributed by atoms with Gasteiger partial charge in [0, 0.05) is 17.0 Å². The molecule has 5 heteroatoms. The molecular formula is C23H30BrFO2Si. The van der Waals surface area contributed by atoms with Gasteiger partial charge in [-0.05, 0) is 60.0 Å². The molecular weight excluding hydrogens is 435 g/mol. The zero-order valence-electron chi connectivity index (χ0n) is 17.4. The minimum Gasteiger partial charge on any atom is -0.544 e. The molecule has 0 amide bonds. The lowest BCUT2D eigenvalue weighted by atomic mass is 9.99. The summed E-state index contributed by atoms with van der Waals surface area (Å²) in [6, 6.07) is 12.7. The van der Waals surface area contributed by atoms with Gasteiger partial charge in [0.2, 0.25) is 8.32 Å². The molecule has 0 atom stereocenters. The number of hydrogen-bond acceptors (Lipinski definition) is 2. The zero-order valence-corrected chi connectivity index (χ0v) is 20.0. The lowest BCUT2D eigenvalue weighted by Gasteiger charge is -2.36. The summed E-state index contributed by atoms with van der Waals surface area (Å²) in [5, 5.41) is 0.996. The van der Waals surface area contributed by atoms with Gasteiger partial charge in [-0.3, -0.25) is 0 Å². The van der Waals surface area contributed by atoms with Crippen LogP contribution >= 0.6 is 15.9 Å². The van der Waals surface area contributed by atoms with Gasteiger partial charge in [0.1, 0.15) is 17.3 Å². The van der Waals surface area contributed by atoms with Gasteiger partial charge in [0.25, 0.3) is 0 Å². The van der Waals surface area contributed by atoms with E-state index in [0.29, 0.717) is 23.5 Å². The Kier molecular flexibility index (Phi) is 7.51. The van der Waals surface area contributed by atoms with Gasteiger partial charge in [0.05, 0.1) is 6.61 Å². The lowest BCUT2D eigenvalue weighted by molar-refractivity contribution is 0.317. The molecule has 0 radical (unpaired) electrons. The normalized spacial score (nSPS) is 12.0. The van der Waals surface area contributed by atoms with E-state index in [9.17, 15) is 4.39 Å².